The van der Waals surface area contributed by atoms with E-state index in [0.717, 1.165) is 24.7 Å². The van der Waals surface area contributed by atoms with Gasteiger partial charge in [0.1, 0.15) is 0 Å². The molecule has 0 aliphatic rings. The molecule has 5 nitrogen and oxygen atoms in total. The van der Waals surface area contributed by atoms with E-state index < -0.39 is 0 Å². The molecular weight excluding hydrogens is 442 g/mol. The van der Waals surface area contributed by atoms with Crippen molar-refractivity contribution in [3.05, 3.63) is 79.4 Å². The topological polar surface area (TPSA) is 30.5 Å². The second-order valence-corrected chi connectivity index (χ2v) is 9.81. The lowest BCUT2D eigenvalue weighted by atomic mass is 10.2. The fourth-order valence-electron chi connectivity index (χ4n) is 5.17. The van der Waals surface area contributed by atoms with Gasteiger partial charge in [0.05, 0.1) is 13.1 Å². The van der Waals surface area contributed by atoms with Crippen molar-refractivity contribution in [2.24, 2.45) is 0 Å². The Morgan fingerprint density at radius 3 is 1.50 bits per heavy atom. The molecule has 5 heteroatoms. The molecule has 0 unspecified atom stereocenters. The number of unbranched alkanes of at least 4 members (excludes halogenated alkanes) is 6. The molecule has 3 aromatic heterocycles. The molecule has 0 saturated heterocycles. The number of benzene rings is 2. The lowest BCUT2D eigenvalue weighted by Gasteiger charge is -2.00. The summed E-state index contributed by atoms with van der Waals surface area (Å²) in [6.45, 7) is 6.60. The fraction of sp³-hybridized carbons (Fsp3) is 0.387. The molecule has 0 fully saturated rings. The third-order valence-electron chi connectivity index (χ3n) is 7.13. The predicted molar refractivity (Wildman–Crippen MR) is 147 cm³/mol. The molecule has 0 N–H and O–H groups in total. The standard InChI is InChI=1S/C31H39N5/c1-3-5-7-13-22-33-24-35(28-18-11-9-16-26(28)33)30-20-15-21-31(32-30)36-25-34(23-14-8-6-4-2)27-17-10-12-19-29(27)36/h9-12,15-21,24-25H,3-8,13-14,22-23H2,1-2H3/q+2. The monoisotopic (exact) mass is 481 g/mol. The summed E-state index contributed by atoms with van der Waals surface area (Å²) in [6.07, 6.45) is 14.5. The molecule has 0 radical (unpaired) electrons. The SMILES string of the molecule is CCCCCC[n+]1cn(-c2cccc(-n3c[n+](CCCCCC)c4ccccc43)n2)c2ccccc21. The van der Waals surface area contributed by atoms with Crippen LogP contribution in [0.25, 0.3) is 33.7 Å². The van der Waals surface area contributed by atoms with Gasteiger partial charge in [-0.3, -0.25) is 0 Å². The number of hydrogen-bond acceptors (Lipinski definition) is 1. The molecule has 186 valence electrons. The van der Waals surface area contributed by atoms with Crippen LogP contribution in [0, 0.1) is 0 Å². The average molecular weight is 482 g/mol. The molecular formula is C31H39N5+2. The van der Waals surface area contributed by atoms with E-state index in [1.54, 1.807) is 0 Å². The summed E-state index contributed by atoms with van der Waals surface area (Å²) >= 11 is 0. The van der Waals surface area contributed by atoms with Crippen molar-refractivity contribution < 1.29 is 9.13 Å². The van der Waals surface area contributed by atoms with E-state index >= 15 is 0 Å². The second-order valence-electron chi connectivity index (χ2n) is 9.81. The van der Waals surface area contributed by atoms with E-state index in [1.165, 1.54) is 73.4 Å². The highest BCUT2D eigenvalue weighted by Gasteiger charge is 2.21. The van der Waals surface area contributed by atoms with Gasteiger partial charge >= 0.3 is 0 Å². The summed E-state index contributed by atoms with van der Waals surface area (Å²) in [5.41, 5.74) is 4.91. The average Bonchev–Trinajstić information content (AvgIpc) is 3.48. The van der Waals surface area contributed by atoms with Crippen LogP contribution in [0.15, 0.2) is 79.4 Å². The lowest BCUT2D eigenvalue weighted by Crippen LogP contribution is -2.32. The van der Waals surface area contributed by atoms with Crippen LogP contribution >= 0.6 is 0 Å². The van der Waals surface area contributed by atoms with Gasteiger partial charge in [-0.1, -0.05) is 69.9 Å². The molecule has 0 saturated carbocycles. The molecule has 36 heavy (non-hydrogen) atoms. The van der Waals surface area contributed by atoms with Crippen molar-refractivity contribution >= 4 is 22.1 Å². The largest absolute Gasteiger partial charge is 0.251 e. The molecule has 0 aliphatic carbocycles. The number of aryl methyl sites for hydroxylation is 2. The Kier molecular flexibility index (Phi) is 7.75. The number of hydrogen-bond donors (Lipinski definition) is 0. The minimum atomic E-state index is 0.947. The number of fused-ring (bicyclic) bond motifs is 2. The number of rotatable bonds is 12. The van der Waals surface area contributed by atoms with Gasteiger partial charge in [-0.05, 0) is 49.9 Å². The molecule has 0 atom stereocenters. The van der Waals surface area contributed by atoms with Gasteiger partial charge in [-0.25, -0.2) is 9.13 Å². The fourth-order valence-corrected chi connectivity index (χ4v) is 5.17. The van der Waals surface area contributed by atoms with E-state index in [-0.39, 0.29) is 0 Å². The van der Waals surface area contributed by atoms with E-state index in [9.17, 15) is 0 Å². The van der Waals surface area contributed by atoms with Crippen LogP contribution in [-0.2, 0) is 13.1 Å². The van der Waals surface area contributed by atoms with Gasteiger partial charge in [0.25, 0.3) is 12.7 Å². The van der Waals surface area contributed by atoms with E-state index in [4.69, 9.17) is 4.98 Å². The molecule has 5 rings (SSSR count). The third kappa shape index (κ3) is 5.06. The summed E-state index contributed by atoms with van der Waals surface area (Å²) in [4.78, 5) is 5.16. The lowest BCUT2D eigenvalue weighted by molar-refractivity contribution is -0.672. The molecule has 5 aromatic rings. The van der Waals surface area contributed by atoms with E-state index in [2.05, 4.69) is 112 Å². The summed E-state index contributed by atoms with van der Waals surface area (Å²) in [5.74, 6) is 1.89. The van der Waals surface area contributed by atoms with Gasteiger partial charge < -0.3 is 0 Å². The zero-order chi connectivity index (χ0) is 24.7. The van der Waals surface area contributed by atoms with E-state index in [0.29, 0.717) is 0 Å². The summed E-state index contributed by atoms with van der Waals surface area (Å²) in [6, 6.07) is 23.7. The van der Waals surface area contributed by atoms with Gasteiger partial charge in [0, 0.05) is 12.1 Å². The van der Waals surface area contributed by atoms with Crippen molar-refractivity contribution in [1.29, 1.82) is 0 Å². The number of imidazole rings is 2. The summed E-state index contributed by atoms with van der Waals surface area (Å²) < 4.78 is 9.25. The van der Waals surface area contributed by atoms with Gasteiger partial charge in [-0.15, -0.1) is 0 Å². The third-order valence-corrected chi connectivity index (χ3v) is 7.13. The van der Waals surface area contributed by atoms with Crippen molar-refractivity contribution in [2.45, 2.75) is 78.3 Å². The maximum Gasteiger partial charge on any atom is 0.251 e. The van der Waals surface area contributed by atoms with Crippen LogP contribution < -0.4 is 9.13 Å². The molecule has 0 spiro atoms. The van der Waals surface area contributed by atoms with Crippen molar-refractivity contribution in [3.63, 3.8) is 0 Å². The predicted octanol–water partition coefficient (Wildman–Crippen LogP) is 6.71. The zero-order valence-corrected chi connectivity index (χ0v) is 21.8. The Morgan fingerprint density at radius 1 is 0.556 bits per heavy atom. The normalized spacial score (nSPS) is 11.6. The maximum atomic E-state index is 5.16. The van der Waals surface area contributed by atoms with Crippen LogP contribution in [0.5, 0.6) is 0 Å². The van der Waals surface area contributed by atoms with Gasteiger partial charge in [0.15, 0.2) is 22.1 Å². The zero-order valence-electron chi connectivity index (χ0n) is 21.8. The van der Waals surface area contributed by atoms with Crippen LogP contribution in [0.4, 0.5) is 0 Å². The minimum absolute atomic E-state index is 0.947. The van der Waals surface area contributed by atoms with Gasteiger partial charge in [0.2, 0.25) is 11.6 Å². The quantitative estimate of drug-likeness (QED) is 0.144. The number of para-hydroxylation sites is 4. The molecule has 2 aromatic carbocycles. The number of nitrogens with zero attached hydrogens (tertiary/aromatic N) is 5. The number of pyridine rings is 1. The van der Waals surface area contributed by atoms with Crippen LogP contribution in [0.2, 0.25) is 0 Å². The van der Waals surface area contributed by atoms with E-state index in [1.807, 2.05) is 0 Å². The Bertz CT molecular complexity index is 1320. The van der Waals surface area contributed by atoms with Crippen LogP contribution in [0.1, 0.15) is 65.2 Å². The first-order valence-electron chi connectivity index (χ1n) is 13.8. The Balaban J connectivity index is 1.50. The minimum Gasteiger partial charge on any atom is -0.229 e. The maximum absolute atomic E-state index is 5.16. The summed E-state index contributed by atoms with van der Waals surface area (Å²) in [5, 5.41) is 0. The van der Waals surface area contributed by atoms with Gasteiger partial charge in [-0.2, -0.15) is 14.1 Å². The van der Waals surface area contributed by atoms with Crippen molar-refractivity contribution in [3.8, 4) is 11.6 Å². The second kappa shape index (κ2) is 11.5. The Morgan fingerprint density at radius 2 is 1.03 bits per heavy atom. The van der Waals surface area contributed by atoms with Crippen molar-refractivity contribution in [2.75, 3.05) is 0 Å². The molecule has 0 amide bonds. The highest BCUT2D eigenvalue weighted by molar-refractivity contribution is 5.75. The first kappa shape index (κ1) is 24.2. The highest BCUT2D eigenvalue weighted by atomic mass is 15.2. The highest BCUT2D eigenvalue weighted by Crippen LogP contribution is 2.20. The summed E-state index contributed by atoms with van der Waals surface area (Å²) in [7, 11) is 0. The molecule has 0 bridgehead atoms. The van der Waals surface area contributed by atoms with Crippen LogP contribution in [0.3, 0.4) is 0 Å². The first-order chi connectivity index (χ1) is 17.8. The number of aromatic nitrogens is 5. The first-order valence-corrected chi connectivity index (χ1v) is 13.8. The molecule has 3 heterocycles. The molecule has 0 aliphatic heterocycles. The van der Waals surface area contributed by atoms with Crippen LogP contribution in [-0.4, -0.2) is 14.1 Å². The smallest absolute Gasteiger partial charge is 0.229 e. The van der Waals surface area contributed by atoms with Crippen molar-refractivity contribution in [1.82, 2.24) is 14.1 Å². The Hall–Kier alpha value is -3.47. The Labute approximate surface area is 214 Å².